The Bertz CT molecular complexity index is 834. The number of aromatic nitrogens is 1. The van der Waals surface area contributed by atoms with Crippen LogP contribution in [0, 0.1) is 5.82 Å². The van der Waals surface area contributed by atoms with Crippen LogP contribution in [0.15, 0.2) is 60.0 Å². The fourth-order valence-electron chi connectivity index (χ4n) is 2.25. The first-order chi connectivity index (χ1) is 12.1. The third-order valence-corrected chi connectivity index (χ3v) is 4.43. The van der Waals surface area contributed by atoms with Gasteiger partial charge in [0.05, 0.1) is 6.04 Å². The molecule has 2 aromatic carbocycles. The lowest BCUT2D eigenvalue weighted by atomic mass is 10.1. The quantitative estimate of drug-likeness (QED) is 0.714. The number of benzene rings is 2. The first-order valence-electron chi connectivity index (χ1n) is 7.80. The van der Waals surface area contributed by atoms with Gasteiger partial charge in [0.15, 0.2) is 0 Å². The van der Waals surface area contributed by atoms with E-state index in [1.54, 1.807) is 17.5 Å². The van der Waals surface area contributed by atoms with Gasteiger partial charge in [-0.2, -0.15) is 0 Å². The van der Waals surface area contributed by atoms with Crippen molar-refractivity contribution in [2.24, 2.45) is 0 Å². The number of carbonyl (C=O) groups excluding carboxylic acids is 1. The molecule has 3 aromatic rings. The maximum Gasteiger partial charge on any atom is 0.271 e. The minimum Gasteiger partial charge on any atom is -0.486 e. The van der Waals surface area contributed by atoms with Gasteiger partial charge >= 0.3 is 0 Å². The maximum atomic E-state index is 12.9. The van der Waals surface area contributed by atoms with Crippen molar-refractivity contribution >= 4 is 17.2 Å². The van der Waals surface area contributed by atoms with Crippen molar-refractivity contribution in [1.29, 1.82) is 0 Å². The lowest BCUT2D eigenvalue weighted by molar-refractivity contribution is 0.0935. The number of hydrogen-bond acceptors (Lipinski definition) is 4. The van der Waals surface area contributed by atoms with Crippen LogP contribution in [0.5, 0.6) is 5.75 Å². The van der Waals surface area contributed by atoms with Crippen molar-refractivity contribution in [3.05, 3.63) is 82.1 Å². The summed E-state index contributed by atoms with van der Waals surface area (Å²) in [6, 6.07) is 15.4. The largest absolute Gasteiger partial charge is 0.486 e. The Labute approximate surface area is 149 Å². The Hall–Kier alpha value is -2.73. The molecule has 0 saturated carbocycles. The predicted octanol–water partition coefficient (Wildman–Crippen LogP) is 4.35. The van der Waals surface area contributed by atoms with E-state index in [4.69, 9.17) is 4.74 Å². The second-order valence-electron chi connectivity index (χ2n) is 5.47. The molecule has 25 heavy (non-hydrogen) atoms. The molecule has 0 bridgehead atoms. The predicted molar refractivity (Wildman–Crippen MR) is 95.2 cm³/mol. The molecule has 0 aliphatic heterocycles. The highest BCUT2D eigenvalue weighted by Gasteiger charge is 2.14. The second kappa shape index (κ2) is 7.90. The second-order valence-corrected chi connectivity index (χ2v) is 6.42. The number of nitrogens with zero attached hydrogens (tertiary/aromatic N) is 1. The zero-order valence-corrected chi connectivity index (χ0v) is 14.4. The summed E-state index contributed by atoms with van der Waals surface area (Å²) < 4.78 is 18.4. The van der Waals surface area contributed by atoms with Crippen molar-refractivity contribution in [3.63, 3.8) is 0 Å². The Balaban J connectivity index is 1.57. The summed E-state index contributed by atoms with van der Waals surface area (Å²) in [4.78, 5) is 16.6. The van der Waals surface area contributed by atoms with Gasteiger partial charge in [0.25, 0.3) is 5.91 Å². The van der Waals surface area contributed by atoms with E-state index in [2.05, 4.69) is 10.3 Å². The molecule has 3 rings (SSSR count). The normalized spacial score (nSPS) is 11.8. The third kappa shape index (κ3) is 4.64. The molecule has 0 aliphatic rings. The van der Waals surface area contributed by atoms with Crippen molar-refractivity contribution in [2.75, 3.05) is 0 Å². The summed E-state index contributed by atoms with van der Waals surface area (Å²) in [6.45, 7) is 2.16. The molecule has 1 amide bonds. The van der Waals surface area contributed by atoms with Gasteiger partial charge in [-0.3, -0.25) is 4.79 Å². The fraction of sp³-hybridized carbons (Fsp3) is 0.158. The van der Waals surface area contributed by atoms with Crippen LogP contribution in [0.1, 0.15) is 34.0 Å². The maximum absolute atomic E-state index is 12.9. The molecular formula is C19H17FN2O2S. The number of rotatable bonds is 6. The van der Waals surface area contributed by atoms with Crippen LogP contribution in [0.3, 0.4) is 0 Å². The molecule has 0 radical (unpaired) electrons. The monoisotopic (exact) mass is 356 g/mol. The average molecular weight is 356 g/mol. The Morgan fingerprint density at radius 2 is 1.92 bits per heavy atom. The van der Waals surface area contributed by atoms with Crippen molar-refractivity contribution in [1.82, 2.24) is 10.3 Å². The lowest BCUT2D eigenvalue weighted by Gasteiger charge is -2.13. The Morgan fingerprint density at radius 1 is 1.20 bits per heavy atom. The van der Waals surface area contributed by atoms with Crippen molar-refractivity contribution in [3.8, 4) is 5.75 Å². The van der Waals surface area contributed by atoms with Crippen LogP contribution in [0.25, 0.3) is 0 Å². The minimum absolute atomic E-state index is 0.102. The van der Waals surface area contributed by atoms with Gasteiger partial charge < -0.3 is 10.1 Å². The number of amides is 1. The third-order valence-electron chi connectivity index (χ3n) is 3.61. The van der Waals surface area contributed by atoms with Gasteiger partial charge in [-0.1, -0.05) is 30.3 Å². The van der Waals surface area contributed by atoms with E-state index in [1.807, 2.05) is 37.3 Å². The fourth-order valence-corrected chi connectivity index (χ4v) is 2.94. The van der Waals surface area contributed by atoms with Crippen LogP contribution in [-0.2, 0) is 6.61 Å². The highest BCUT2D eigenvalue weighted by molar-refractivity contribution is 7.09. The van der Waals surface area contributed by atoms with Crippen LogP contribution >= 0.6 is 11.3 Å². The summed E-state index contributed by atoms with van der Waals surface area (Å²) in [5.74, 6) is 0.0222. The van der Waals surface area contributed by atoms with E-state index in [0.717, 1.165) is 5.56 Å². The van der Waals surface area contributed by atoms with Gasteiger partial charge in [0, 0.05) is 5.38 Å². The summed E-state index contributed by atoms with van der Waals surface area (Å²) in [7, 11) is 0. The molecule has 1 N–H and O–H groups in total. The lowest BCUT2D eigenvalue weighted by Crippen LogP contribution is -2.26. The summed E-state index contributed by atoms with van der Waals surface area (Å²) in [5, 5.41) is 5.32. The van der Waals surface area contributed by atoms with E-state index < -0.39 is 0 Å². The van der Waals surface area contributed by atoms with Crippen LogP contribution in [0.4, 0.5) is 4.39 Å². The zero-order chi connectivity index (χ0) is 17.6. The van der Waals surface area contributed by atoms with Crippen LogP contribution in [0.2, 0.25) is 0 Å². The molecule has 0 aliphatic carbocycles. The van der Waals surface area contributed by atoms with Gasteiger partial charge in [-0.25, -0.2) is 9.37 Å². The smallest absolute Gasteiger partial charge is 0.271 e. The van der Waals surface area contributed by atoms with Crippen molar-refractivity contribution < 1.29 is 13.9 Å². The van der Waals surface area contributed by atoms with Gasteiger partial charge in [-0.15, -0.1) is 11.3 Å². The number of hydrogen-bond donors (Lipinski definition) is 1. The van der Waals surface area contributed by atoms with Gasteiger partial charge in [0.1, 0.15) is 28.9 Å². The molecule has 0 saturated heterocycles. The molecular weight excluding hydrogens is 339 g/mol. The van der Waals surface area contributed by atoms with Crippen LogP contribution < -0.4 is 10.1 Å². The van der Waals surface area contributed by atoms with Crippen molar-refractivity contribution in [2.45, 2.75) is 19.6 Å². The van der Waals surface area contributed by atoms with Gasteiger partial charge in [0.2, 0.25) is 0 Å². The molecule has 0 unspecified atom stereocenters. The topological polar surface area (TPSA) is 51.2 Å². The van der Waals surface area contributed by atoms with Crippen LogP contribution in [-0.4, -0.2) is 10.9 Å². The number of carbonyl (C=O) groups is 1. The first-order valence-corrected chi connectivity index (χ1v) is 8.68. The molecule has 0 fully saturated rings. The Kier molecular flexibility index (Phi) is 5.40. The number of ether oxygens (including phenoxy) is 1. The molecule has 0 spiro atoms. The molecule has 128 valence electrons. The van der Waals surface area contributed by atoms with E-state index in [9.17, 15) is 9.18 Å². The first kappa shape index (κ1) is 17.1. The standard InChI is InChI=1S/C19H17FN2O2S/c1-13(14-5-3-2-4-6-14)21-19(23)17-12-25-18(22-17)11-24-16-9-7-15(20)8-10-16/h2-10,12-13H,11H2,1H3,(H,21,23)/t13-/m1/s1. The zero-order valence-electron chi connectivity index (χ0n) is 13.6. The van der Waals surface area contributed by atoms with E-state index in [-0.39, 0.29) is 24.4 Å². The SMILES string of the molecule is C[C@@H](NC(=O)c1csc(COc2ccc(F)cc2)n1)c1ccccc1. The Morgan fingerprint density at radius 3 is 2.64 bits per heavy atom. The summed E-state index contributed by atoms with van der Waals surface area (Å²) in [5.41, 5.74) is 1.40. The van der Waals surface area contributed by atoms with Gasteiger partial charge in [-0.05, 0) is 36.8 Å². The number of thiazole rings is 1. The highest BCUT2D eigenvalue weighted by Crippen LogP contribution is 2.17. The number of nitrogens with one attached hydrogen (secondary N) is 1. The van der Waals surface area contributed by atoms with E-state index >= 15 is 0 Å². The highest BCUT2D eigenvalue weighted by atomic mass is 32.1. The average Bonchev–Trinajstić information content (AvgIpc) is 3.11. The molecule has 1 heterocycles. The number of halogens is 1. The van der Waals surface area contributed by atoms with E-state index in [0.29, 0.717) is 16.5 Å². The molecule has 1 aromatic heterocycles. The van der Waals surface area contributed by atoms with E-state index in [1.165, 1.54) is 23.5 Å². The summed E-state index contributed by atoms with van der Waals surface area (Å²) >= 11 is 1.35. The molecule has 4 nitrogen and oxygen atoms in total. The summed E-state index contributed by atoms with van der Waals surface area (Å²) in [6.07, 6.45) is 0. The molecule has 1 atom stereocenters. The molecule has 6 heteroatoms. The minimum atomic E-state index is -0.312.